The SMILES string of the molecule is CC(C)S(=O)(=O)c1ccc(-c2cnc(N)c(C(=O)Nc3ccccc3OCCCCCC(=O)NO)n2)cc1. The van der Waals surface area contributed by atoms with Gasteiger partial charge in [-0.3, -0.25) is 14.8 Å². The lowest BCUT2D eigenvalue weighted by Crippen LogP contribution is -2.18. The van der Waals surface area contributed by atoms with E-state index in [1.807, 2.05) is 0 Å². The maximum absolute atomic E-state index is 13.1. The van der Waals surface area contributed by atoms with Crippen molar-refractivity contribution in [2.24, 2.45) is 0 Å². The van der Waals surface area contributed by atoms with Crippen molar-refractivity contribution in [3.05, 3.63) is 60.4 Å². The molecule has 202 valence electrons. The van der Waals surface area contributed by atoms with Crippen LogP contribution in [0.3, 0.4) is 0 Å². The van der Waals surface area contributed by atoms with E-state index in [-0.39, 0.29) is 22.8 Å². The van der Waals surface area contributed by atoms with Crippen molar-refractivity contribution >= 4 is 33.2 Å². The Bertz CT molecular complexity index is 1380. The maximum atomic E-state index is 13.1. The van der Waals surface area contributed by atoms with E-state index >= 15 is 0 Å². The number of hydrogen-bond acceptors (Lipinski definition) is 9. The molecule has 0 saturated heterocycles. The summed E-state index contributed by atoms with van der Waals surface area (Å²) < 4.78 is 30.6. The lowest BCUT2D eigenvalue weighted by molar-refractivity contribution is -0.129. The summed E-state index contributed by atoms with van der Waals surface area (Å²) in [4.78, 5) is 32.8. The lowest BCUT2D eigenvalue weighted by Gasteiger charge is -2.13. The quantitative estimate of drug-likeness (QED) is 0.152. The van der Waals surface area contributed by atoms with E-state index in [4.69, 9.17) is 15.7 Å². The highest BCUT2D eigenvalue weighted by Gasteiger charge is 2.20. The van der Waals surface area contributed by atoms with E-state index in [2.05, 4.69) is 15.3 Å². The Kier molecular flexibility index (Phi) is 9.74. The Morgan fingerprint density at radius 1 is 1.05 bits per heavy atom. The van der Waals surface area contributed by atoms with Gasteiger partial charge >= 0.3 is 0 Å². The molecule has 0 spiro atoms. The summed E-state index contributed by atoms with van der Waals surface area (Å²) in [6.45, 7) is 3.60. The van der Waals surface area contributed by atoms with Gasteiger partial charge in [-0.1, -0.05) is 24.3 Å². The molecule has 0 aliphatic rings. The number of nitrogens with zero attached hydrogens (tertiary/aromatic N) is 2. The van der Waals surface area contributed by atoms with Crippen LogP contribution in [0, 0.1) is 0 Å². The molecule has 1 heterocycles. The predicted octanol–water partition coefficient (Wildman–Crippen LogP) is 3.60. The minimum atomic E-state index is -3.42. The van der Waals surface area contributed by atoms with Crippen LogP contribution in [0.25, 0.3) is 11.3 Å². The second-order valence-corrected chi connectivity index (χ2v) is 11.3. The van der Waals surface area contributed by atoms with Crippen molar-refractivity contribution in [2.45, 2.75) is 49.7 Å². The number of nitrogens with one attached hydrogen (secondary N) is 2. The largest absolute Gasteiger partial charge is 0.491 e. The van der Waals surface area contributed by atoms with Gasteiger partial charge in [0.25, 0.3) is 5.91 Å². The van der Waals surface area contributed by atoms with Gasteiger partial charge in [-0.05, 0) is 57.4 Å². The van der Waals surface area contributed by atoms with Crippen molar-refractivity contribution in [2.75, 3.05) is 17.7 Å². The molecule has 11 nitrogen and oxygen atoms in total. The number of sulfone groups is 1. The highest BCUT2D eigenvalue weighted by molar-refractivity contribution is 7.92. The number of anilines is 2. The zero-order valence-corrected chi connectivity index (χ0v) is 22.0. The summed E-state index contributed by atoms with van der Waals surface area (Å²) in [5, 5.41) is 10.7. The van der Waals surface area contributed by atoms with Crippen LogP contribution in [-0.2, 0) is 14.6 Å². The van der Waals surface area contributed by atoms with E-state index in [1.165, 1.54) is 18.3 Å². The highest BCUT2D eigenvalue weighted by Crippen LogP contribution is 2.26. The van der Waals surface area contributed by atoms with Crippen LogP contribution in [0.5, 0.6) is 5.75 Å². The van der Waals surface area contributed by atoms with Crippen molar-refractivity contribution in [3.8, 4) is 17.0 Å². The molecule has 3 rings (SSSR count). The number of rotatable bonds is 12. The third-order valence-electron chi connectivity index (χ3n) is 5.68. The topological polar surface area (TPSA) is 174 Å². The first-order valence-electron chi connectivity index (χ1n) is 12.1. The van der Waals surface area contributed by atoms with E-state index < -0.39 is 26.9 Å². The third-order valence-corrected chi connectivity index (χ3v) is 7.85. The molecule has 0 fully saturated rings. The molecule has 0 radical (unpaired) electrons. The fourth-order valence-electron chi connectivity index (χ4n) is 3.47. The molecule has 0 aliphatic carbocycles. The molecule has 0 bridgehead atoms. The first-order chi connectivity index (χ1) is 18.1. The van der Waals surface area contributed by atoms with Crippen molar-refractivity contribution in [1.82, 2.24) is 15.4 Å². The first-order valence-corrected chi connectivity index (χ1v) is 13.6. The van der Waals surface area contributed by atoms with Crippen molar-refractivity contribution < 1.29 is 28.0 Å². The summed E-state index contributed by atoms with van der Waals surface area (Å²) in [6.07, 6.45) is 3.66. The summed E-state index contributed by atoms with van der Waals surface area (Å²) in [7, 11) is -3.42. The number of hydroxylamine groups is 1. The maximum Gasteiger partial charge on any atom is 0.278 e. The second-order valence-electron chi connectivity index (χ2n) is 8.75. The van der Waals surface area contributed by atoms with Crippen molar-refractivity contribution in [1.29, 1.82) is 0 Å². The average molecular weight is 542 g/mol. The van der Waals surface area contributed by atoms with E-state index in [1.54, 1.807) is 55.7 Å². The number of nitrogen functional groups attached to an aromatic ring is 1. The molecule has 0 saturated carbocycles. The Morgan fingerprint density at radius 2 is 1.76 bits per heavy atom. The molecular weight excluding hydrogens is 510 g/mol. The number of benzene rings is 2. The molecule has 38 heavy (non-hydrogen) atoms. The number of unbranched alkanes of at least 4 members (excludes halogenated alkanes) is 2. The predicted molar refractivity (Wildman–Crippen MR) is 142 cm³/mol. The van der Waals surface area contributed by atoms with Crippen LogP contribution in [0.4, 0.5) is 11.5 Å². The average Bonchev–Trinajstić information content (AvgIpc) is 2.91. The molecule has 2 amide bonds. The number of amides is 2. The van der Waals surface area contributed by atoms with Gasteiger partial charge in [0, 0.05) is 12.0 Å². The van der Waals surface area contributed by atoms with Crippen LogP contribution in [0.15, 0.2) is 59.6 Å². The van der Waals surface area contributed by atoms with Crippen LogP contribution in [0.1, 0.15) is 50.0 Å². The van der Waals surface area contributed by atoms with Crippen LogP contribution in [0.2, 0.25) is 0 Å². The minimum absolute atomic E-state index is 0.0597. The third kappa shape index (κ3) is 7.26. The number of hydrogen-bond donors (Lipinski definition) is 4. The first kappa shape index (κ1) is 28.5. The van der Waals surface area contributed by atoms with Gasteiger partial charge in [-0.15, -0.1) is 0 Å². The monoisotopic (exact) mass is 541 g/mol. The van der Waals surface area contributed by atoms with E-state index in [0.29, 0.717) is 42.1 Å². The fourth-order valence-corrected chi connectivity index (χ4v) is 4.53. The summed E-state index contributed by atoms with van der Waals surface area (Å²) in [6, 6.07) is 13.1. The van der Waals surface area contributed by atoms with Gasteiger partial charge in [0.2, 0.25) is 5.91 Å². The fraction of sp³-hybridized carbons (Fsp3) is 0.308. The van der Waals surface area contributed by atoms with Gasteiger partial charge < -0.3 is 15.8 Å². The van der Waals surface area contributed by atoms with Crippen LogP contribution >= 0.6 is 0 Å². The molecule has 5 N–H and O–H groups in total. The highest BCUT2D eigenvalue weighted by atomic mass is 32.2. The van der Waals surface area contributed by atoms with Gasteiger partial charge in [0.1, 0.15) is 5.75 Å². The Hall–Kier alpha value is -4.03. The zero-order chi connectivity index (χ0) is 27.7. The Balaban J connectivity index is 1.69. The number of ether oxygens (including phenoxy) is 1. The molecule has 0 aliphatic heterocycles. The lowest BCUT2D eigenvalue weighted by atomic mass is 10.1. The normalized spacial score (nSPS) is 11.3. The molecular formula is C26H31N5O6S. The van der Waals surface area contributed by atoms with E-state index in [0.717, 1.165) is 6.42 Å². The van der Waals surface area contributed by atoms with Crippen LogP contribution in [-0.4, -0.2) is 47.3 Å². The Morgan fingerprint density at radius 3 is 2.45 bits per heavy atom. The molecule has 0 unspecified atom stereocenters. The standard InChI is InChI=1S/C26H31N5O6S/c1-17(2)38(35,36)19-13-11-18(12-14-19)21-16-28-25(27)24(29-21)26(33)30-20-8-5-6-9-22(20)37-15-7-3-4-10-23(32)31-34/h5-6,8-9,11-14,16-17,34H,3-4,7,10,15H2,1-2H3,(H2,27,28)(H,30,33)(H,31,32). The van der Waals surface area contributed by atoms with E-state index in [9.17, 15) is 18.0 Å². The molecule has 1 aromatic heterocycles. The number of para-hydroxylation sites is 2. The number of carbonyl (C=O) groups excluding carboxylic acids is 2. The minimum Gasteiger partial charge on any atom is -0.491 e. The summed E-state index contributed by atoms with van der Waals surface area (Å²) >= 11 is 0. The van der Waals surface area contributed by atoms with Gasteiger partial charge in [-0.2, -0.15) is 0 Å². The number of aromatic nitrogens is 2. The summed E-state index contributed by atoms with van der Waals surface area (Å²) in [5.41, 5.74) is 8.82. The van der Waals surface area contributed by atoms with Gasteiger partial charge in [-0.25, -0.2) is 23.9 Å². The van der Waals surface area contributed by atoms with Gasteiger partial charge in [0.05, 0.1) is 34.3 Å². The molecule has 2 aromatic carbocycles. The molecule has 3 aromatic rings. The Labute approximate surface area is 221 Å². The zero-order valence-electron chi connectivity index (χ0n) is 21.2. The number of carbonyl (C=O) groups is 2. The van der Waals surface area contributed by atoms with Crippen LogP contribution < -0.4 is 21.3 Å². The summed E-state index contributed by atoms with van der Waals surface area (Å²) in [5.74, 6) is -0.613. The van der Waals surface area contributed by atoms with Gasteiger partial charge in [0.15, 0.2) is 21.3 Å². The second kappa shape index (κ2) is 13.0. The molecule has 12 heteroatoms. The van der Waals surface area contributed by atoms with Crippen molar-refractivity contribution in [3.63, 3.8) is 0 Å². The molecule has 0 atom stereocenters. The smallest absolute Gasteiger partial charge is 0.278 e. The number of nitrogens with two attached hydrogens (primary N) is 1.